The lowest BCUT2D eigenvalue weighted by molar-refractivity contribution is -0.137. The zero-order chi connectivity index (χ0) is 30.4. The average Bonchev–Trinajstić information content (AvgIpc) is 3.40. The second-order valence-electron chi connectivity index (χ2n) is 10.8. The number of benzene rings is 2. The second kappa shape index (κ2) is 13.2. The van der Waals surface area contributed by atoms with Crippen LogP contribution in [-0.4, -0.2) is 44.8 Å². The van der Waals surface area contributed by atoms with Gasteiger partial charge in [-0.2, -0.15) is 13.2 Å². The summed E-state index contributed by atoms with van der Waals surface area (Å²) in [5.41, 5.74) is 4.46. The molecule has 7 nitrogen and oxygen atoms in total. The van der Waals surface area contributed by atoms with E-state index in [4.69, 9.17) is 4.42 Å². The van der Waals surface area contributed by atoms with E-state index >= 15 is 0 Å². The van der Waals surface area contributed by atoms with Crippen LogP contribution in [0.5, 0.6) is 0 Å². The summed E-state index contributed by atoms with van der Waals surface area (Å²) in [6.45, 7) is 6.47. The summed E-state index contributed by atoms with van der Waals surface area (Å²) in [6.07, 6.45) is 3.63. The number of carbonyl (C=O) groups excluding carboxylic acids is 1. The van der Waals surface area contributed by atoms with E-state index in [0.717, 1.165) is 66.4 Å². The number of halogens is 3. The van der Waals surface area contributed by atoms with E-state index < -0.39 is 11.7 Å². The van der Waals surface area contributed by atoms with E-state index in [1.807, 2.05) is 55.1 Å². The number of piperidine rings is 1. The Morgan fingerprint density at radius 2 is 1.77 bits per heavy atom. The number of oxazole rings is 1. The fraction of sp³-hybridized carbons (Fsp3) is 0.303. The lowest BCUT2D eigenvalue weighted by Gasteiger charge is -2.38. The average molecular weight is 590 g/mol. The summed E-state index contributed by atoms with van der Waals surface area (Å²) in [5.74, 6) is 0.457. The van der Waals surface area contributed by atoms with Crippen LogP contribution >= 0.6 is 0 Å². The molecule has 3 heterocycles. The van der Waals surface area contributed by atoms with E-state index in [9.17, 15) is 18.0 Å². The fourth-order valence-electron chi connectivity index (χ4n) is 5.21. The third kappa shape index (κ3) is 8.32. The van der Waals surface area contributed by atoms with Crippen molar-refractivity contribution in [3.63, 3.8) is 0 Å². The Morgan fingerprint density at radius 3 is 2.40 bits per heavy atom. The number of amides is 1. The minimum atomic E-state index is -4.40. The van der Waals surface area contributed by atoms with Crippen LogP contribution in [0.2, 0.25) is 0 Å². The predicted octanol–water partition coefficient (Wildman–Crippen LogP) is 7.16. The minimum absolute atomic E-state index is 0.0117. The molecule has 4 aromatic rings. The molecule has 0 aliphatic carbocycles. The van der Waals surface area contributed by atoms with Gasteiger partial charge in [0.05, 0.1) is 11.3 Å². The zero-order valence-electron chi connectivity index (χ0n) is 24.1. The quantitative estimate of drug-likeness (QED) is 0.209. The summed E-state index contributed by atoms with van der Waals surface area (Å²) >= 11 is 0. The van der Waals surface area contributed by atoms with Crippen LogP contribution in [0.15, 0.2) is 83.6 Å². The van der Waals surface area contributed by atoms with E-state index in [2.05, 4.69) is 20.2 Å². The maximum absolute atomic E-state index is 13.6. The highest BCUT2D eigenvalue weighted by atomic mass is 19.4. The molecule has 224 valence electrons. The van der Waals surface area contributed by atoms with Crippen molar-refractivity contribution in [2.45, 2.75) is 52.0 Å². The third-order valence-electron chi connectivity index (χ3n) is 7.48. The Labute approximate surface area is 249 Å². The highest BCUT2D eigenvalue weighted by Crippen LogP contribution is 2.29. The van der Waals surface area contributed by atoms with Crippen LogP contribution in [0, 0.1) is 13.8 Å². The largest absolute Gasteiger partial charge is 0.449 e. The van der Waals surface area contributed by atoms with Gasteiger partial charge in [-0.25, -0.2) is 4.98 Å². The molecule has 0 saturated carbocycles. The molecule has 0 bridgehead atoms. The Morgan fingerprint density at radius 1 is 1.05 bits per heavy atom. The molecule has 1 aliphatic heterocycles. The van der Waals surface area contributed by atoms with Gasteiger partial charge >= 0.3 is 6.18 Å². The van der Waals surface area contributed by atoms with Crippen molar-refractivity contribution in [2.75, 3.05) is 18.4 Å². The molecule has 1 N–H and O–H groups in total. The van der Waals surface area contributed by atoms with Crippen molar-refractivity contribution in [1.82, 2.24) is 19.8 Å². The van der Waals surface area contributed by atoms with E-state index in [-0.39, 0.29) is 11.9 Å². The lowest BCUT2D eigenvalue weighted by Crippen LogP contribution is -2.46. The minimum Gasteiger partial charge on any atom is -0.449 e. The number of alkyl halides is 3. The van der Waals surface area contributed by atoms with E-state index in [1.54, 1.807) is 18.5 Å². The number of hydrogen-bond donors (Lipinski definition) is 1. The molecular weight excluding hydrogens is 555 g/mol. The number of rotatable bonds is 9. The molecule has 1 fully saturated rings. The molecule has 1 amide bonds. The van der Waals surface area contributed by atoms with Crippen LogP contribution in [0.25, 0.3) is 6.08 Å². The number of likely N-dealkylation sites (tertiary alicyclic amines) is 1. The Balaban J connectivity index is 1.28. The summed E-state index contributed by atoms with van der Waals surface area (Å²) in [5, 5.41) is 3.37. The first-order valence-electron chi connectivity index (χ1n) is 14.2. The first-order valence-corrected chi connectivity index (χ1v) is 14.2. The van der Waals surface area contributed by atoms with Crippen molar-refractivity contribution >= 4 is 23.4 Å². The molecule has 1 aliphatic rings. The molecule has 0 atom stereocenters. The van der Waals surface area contributed by atoms with E-state index in [1.165, 1.54) is 18.2 Å². The third-order valence-corrected chi connectivity index (χ3v) is 7.48. The SMILES string of the molecule is Cc1cc(Nc2ccc(CN(C(=O)/C=C/c3ccc(C(F)(F)F)cc3)C3CCN(Cc4coc(C)n4)CC3)cc2)ccn1. The lowest BCUT2D eigenvalue weighted by atomic mass is 10.0. The molecule has 0 spiro atoms. The first kappa shape index (κ1) is 30.0. The molecule has 10 heteroatoms. The second-order valence-corrected chi connectivity index (χ2v) is 10.8. The molecule has 2 aromatic heterocycles. The number of aromatic nitrogens is 2. The standard InChI is InChI=1S/C33H34F3N5O2/c1-23-19-29(13-16-37-23)39-28-10-5-26(6-11-28)20-41(31-14-17-40(18-15-31)21-30-22-43-24(2)38-30)32(42)12-7-25-3-8-27(9-4-25)33(34,35)36/h3-13,16,19,22,31H,14-15,17-18,20-21H2,1-2H3,(H,37,39)/b12-7+. The number of hydrogen-bond acceptors (Lipinski definition) is 6. The Kier molecular flexibility index (Phi) is 9.25. The number of nitrogens with one attached hydrogen (secondary N) is 1. The number of pyridine rings is 1. The molecule has 1 saturated heterocycles. The van der Waals surface area contributed by atoms with Crippen LogP contribution in [-0.2, 0) is 24.1 Å². The highest BCUT2D eigenvalue weighted by Gasteiger charge is 2.30. The van der Waals surface area contributed by atoms with Gasteiger partial charge in [0.15, 0.2) is 5.89 Å². The predicted molar refractivity (Wildman–Crippen MR) is 159 cm³/mol. The molecule has 0 unspecified atom stereocenters. The topological polar surface area (TPSA) is 74.5 Å². The molecular formula is C33H34F3N5O2. The summed E-state index contributed by atoms with van der Waals surface area (Å²) in [6, 6.07) is 16.6. The van der Waals surface area contributed by atoms with Crippen molar-refractivity contribution in [3.05, 3.63) is 113 Å². The summed E-state index contributed by atoms with van der Waals surface area (Å²) in [7, 11) is 0. The van der Waals surface area contributed by atoms with Crippen molar-refractivity contribution in [2.24, 2.45) is 0 Å². The monoisotopic (exact) mass is 589 g/mol. The highest BCUT2D eigenvalue weighted by molar-refractivity contribution is 5.92. The van der Waals surface area contributed by atoms with Gasteiger partial charge in [0.25, 0.3) is 0 Å². The Bertz CT molecular complexity index is 1540. The van der Waals surface area contributed by atoms with Gasteiger partial charge in [-0.1, -0.05) is 24.3 Å². The normalized spacial score (nSPS) is 14.7. The molecule has 43 heavy (non-hydrogen) atoms. The maximum atomic E-state index is 13.6. The van der Waals surface area contributed by atoms with Gasteiger partial charge in [0.1, 0.15) is 6.26 Å². The fourth-order valence-corrected chi connectivity index (χ4v) is 5.21. The van der Waals surface area contributed by atoms with Gasteiger partial charge in [-0.3, -0.25) is 14.7 Å². The maximum Gasteiger partial charge on any atom is 0.416 e. The number of anilines is 2. The van der Waals surface area contributed by atoms with Crippen LogP contribution < -0.4 is 5.32 Å². The van der Waals surface area contributed by atoms with Gasteiger partial charge in [0.2, 0.25) is 5.91 Å². The van der Waals surface area contributed by atoms with E-state index in [0.29, 0.717) is 24.5 Å². The molecule has 2 aromatic carbocycles. The van der Waals surface area contributed by atoms with Crippen molar-refractivity contribution < 1.29 is 22.4 Å². The smallest absolute Gasteiger partial charge is 0.416 e. The zero-order valence-corrected chi connectivity index (χ0v) is 24.1. The summed E-state index contributed by atoms with van der Waals surface area (Å²) < 4.78 is 44.2. The molecule has 0 radical (unpaired) electrons. The van der Waals surface area contributed by atoms with Crippen molar-refractivity contribution in [3.8, 4) is 0 Å². The van der Waals surface area contributed by atoms with Gasteiger partial charge in [0, 0.05) is 68.5 Å². The first-order chi connectivity index (χ1) is 20.6. The number of carbonyl (C=O) groups is 1. The Hall–Kier alpha value is -4.44. The number of aryl methyl sites for hydroxylation is 2. The van der Waals surface area contributed by atoms with Crippen LogP contribution in [0.3, 0.4) is 0 Å². The molecule has 5 rings (SSSR count). The van der Waals surface area contributed by atoms with Crippen LogP contribution in [0.4, 0.5) is 24.5 Å². The number of nitrogens with zero attached hydrogens (tertiary/aromatic N) is 4. The van der Waals surface area contributed by atoms with Gasteiger partial charge < -0.3 is 14.6 Å². The van der Waals surface area contributed by atoms with Crippen LogP contribution in [0.1, 0.15) is 46.8 Å². The van der Waals surface area contributed by atoms with Gasteiger partial charge in [-0.05, 0) is 73.4 Å². The van der Waals surface area contributed by atoms with Crippen molar-refractivity contribution in [1.29, 1.82) is 0 Å². The summed E-state index contributed by atoms with van der Waals surface area (Å²) in [4.78, 5) is 26.4. The van der Waals surface area contributed by atoms with Gasteiger partial charge in [-0.15, -0.1) is 0 Å².